The molecule has 0 unspecified atom stereocenters. The van der Waals surface area contributed by atoms with Crippen molar-refractivity contribution in [3.8, 4) is 0 Å². The maximum Gasteiger partial charge on any atom is 0.328 e. The Balaban J connectivity index is 2.89. The normalized spacial score (nSPS) is 11.0. The third-order valence-corrected chi connectivity index (χ3v) is 2.68. The molecule has 1 aromatic heterocycles. The van der Waals surface area contributed by atoms with Crippen molar-refractivity contribution in [2.45, 2.75) is 26.7 Å². The van der Waals surface area contributed by atoms with Crippen LogP contribution in [0.15, 0.2) is 6.08 Å². The van der Waals surface area contributed by atoms with Crippen molar-refractivity contribution in [3.63, 3.8) is 0 Å². The summed E-state index contributed by atoms with van der Waals surface area (Å²) in [6, 6.07) is 0. The molecule has 0 aromatic carbocycles. The molecule has 1 N–H and O–H groups in total. The quantitative estimate of drug-likeness (QED) is 0.778. The van der Waals surface area contributed by atoms with Gasteiger partial charge in [0, 0.05) is 6.08 Å². The Bertz CT molecular complexity index is 355. The lowest BCUT2D eigenvalue weighted by Gasteiger charge is -1.92. The molecular weight excluding hydrogens is 198 g/mol. The van der Waals surface area contributed by atoms with Crippen LogP contribution >= 0.6 is 11.3 Å². The molecule has 0 bridgehead atoms. The summed E-state index contributed by atoms with van der Waals surface area (Å²) < 4.78 is 0. The van der Waals surface area contributed by atoms with E-state index in [9.17, 15) is 4.79 Å². The van der Waals surface area contributed by atoms with E-state index in [4.69, 9.17) is 5.11 Å². The molecule has 0 aliphatic carbocycles. The average molecular weight is 211 g/mol. The molecule has 1 rings (SSSR count). The summed E-state index contributed by atoms with van der Waals surface area (Å²) in [6.45, 7) is 4.02. The van der Waals surface area contributed by atoms with E-state index in [1.165, 1.54) is 11.3 Å². The second-order valence-electron chi connectivity index (χ2n) is 2.97. The maximum absolute atomic E-state index is 10.3. The van der Waals surface area contributed by atoms with Crippen LogP contribution in [0.25, 0.3) is 6.08 Å². The lowest BCUT2D eigenvalue weighted by atomic mass is 10.2. The van der Waals surface area contributed by atoms with E-state index in [0.717, 1.165) is 34.5 Å². The average Bonchev–Trinajstić information content (AvgIpc) is 2.44. The van der Waals surface area contributed by atoms with Crippen molar-refractivity contribution in [1.29, 1.82) is 0 Å². The van der Waals surface area contributed by atoms with Crippen LogP contribution in [0.4, 0.5) is 0 Å². The third-order valence-electron chi connectivity index (χ3n) is 1.70. The maximum atomic E-state index is 10.3. The van der Waals surface area contributed by atoms with Crippen LogP contribution in [0.3, 0.4) is 0 Å². The number of hydrogen-bond acceptors (Lipinski definition) is 3. The van der Waals surface area contributed by atoms with Gasteiger partial charge < -0.3 is 5.11 Å². The number of aryl methyl sites for hydroxylation is 2. The van der Waals surface area contributed by atoms with Crippen LogP contribution < -0.4 is 0 Å². The highest BCUT2D eigenvalue weighted by atomic mass is 32.1. The SMILES string of the molecule is CCCc1nc(C)sc1/C=C/C(=O)O. The Morgan fingerprint density at radius 2 is 2.36 bits per heavy atom. The predicted molar refractivity (Wildman–Crippen MR) is 57.5 cm³/mol. The highest BCUT2D eigenvalue weighted by Gasteiger charge is 2.05. The number of thiazole rings is 1. The lowest BCUT2D eigenvalue weighted by Crippen LogP contribution is -1.88. The number of carbonyl (C=O) groups is 1. The summed E-state index contributed by atoms with van der Waals surface area (Å²) >= 11 is 1.54. The van der Waals surface area contributed by atoms with E-state index in [1.54, 1.807) is 6.08 Å². The van der Waals surface area contributed by atoms with Gasteiger partial charge in [0.25, 0.3) is 0 Å². The molecule has 0 saturated heterocycles. The zero-order valence-electron chi connectivity index (χ0n) is 8.28. The van der Waals surface area contributed by atoms with Crippen molar-refractivity contribution in [3.05, 3.63) is 21.7 Å². The summed E-state index contributed by atoms with van der Waals surface area (Å²) in [6.07, 6.45) is 4.71. The first kappa shape index (κ1) is 10.9. The molecule has 76 valence electrons. The zero-order chi connectivity index (χ0) is 10.6. The van der Waals surface area contributed by atoms with Gasteiger partial charge >= 0.3 is 5.97 Å². The number of rotatable bonds is 4. The molecule has 0 spiro atoms. The van der Waals surface area contributed by atoms with E-state index < -0.39 is 5.97 Å². The monoisotopic (exact) mass is 211 g/mol. The standard InChI is InChI=1S/C10H13NO2S/c1-3-4-8-9(5-6-10(12)13)14-7(2)11-8/h5-6H,3-4H2,1-2H3,(H,12,13)/b6-5+. The van der Waals surface area contributed by atoms with Gasteiger partial charge in [0.15, 0.2) is 0 Å². The van der Waals surface area contributed by atoms with Gasteiger partial charge in [-0.3, -0.25) is 0 Å². The molecule has 0 amide bonds. The van der Waals surface area contributed by atoms with Gasteiger partial charge in [0.2, 0.25) is 0 Å². The first-order valence-corrected chi connectivity index (χ1v) is 5.32. The van der Waals surface area contributed by atoms with Crippen molar-refractivity contribution < 1.29 is 9.90 Å². The van der Waals surface area contributed by atoms with Crippen molar-refractivity contribution in [2.24, 2.45) is 0 Å². The largest absolute Gasteiger partial charge is 0.478 e. The minimum atomic E-state index is -0.918. The minimum absolute atomic E-state index is 0.906. The number of aromatic nitrogens is 1. The fraction of sp³-hybridized carbons (Fsp3) is 0.400. The van der Waals surface area contributed by atoms with Gasteiger partial charge in [-0.2, -0.15) is 0 Å². The van der Waals surface area contributed by atoms with E-state index in [1.807, 2.05) is 6.92 Å². The number of aliphatic carboxylic acids is 1. The van der Waals surface area contributed by atoms with Gasteiger partial charge in [-0.15, -0.1) is 11.3 Å². The third kappa shape index (κ3) is 2.96. The van der Waals surface area contributed by atoms with Crippen molar-refractivity contribution in [1.82, 2.24) is 4.98 Å². The van der Waals surface area contributed by atoms with E-state index >= 15 is 0 Å². The first-order valence-electron chi connectivity index (χ1n) is 4.50. The fourth-order valence-electron chi connectivity index (χ4n) is 1.18. The zero-order valence-corrected chi connectivity index (χ0v) is 9.10. The summed E-state index contributed by atoms with van der Waals surface area (Å²) in [7, 11) is 0. The lowest BCUT2D eigenvalue weighted by molar-refractivity contribution is -0.131. The summed E-state index contributed by atoms with van der Waals surface area (Å²) in [4.78, 5) is 15.7. The Kier molecular flexibility index (Phi) is 3.83. The molecule has 3 nitrogen and oxygen atoms in total. The van der Waals surface area contributed by atoms with Gasteiger partial charge in [-0.25, -0.2) is 9.78 Å². The Hall–Kier alpha value is -1.16. The molecule has 0 saturated carbocycles. The van der Waals surface area contributed by atoms with Gasteiger partial charge in [0.05, 0.1) is 15.6 Å². The molecule has 4 heteroatoms. The van der Waals surface area contributed by atoms with Crippen LogP contribution in [0, 0.1) is 6.92 Å². The molecule has 14 heavy (non-hydrogen) atoms. The first-order chi connectivity index (χ1) is 6.63. The number of carboxylic acid groups (broad SMARTS) is 1. The Morgan fingerprint density at radius 1 is 1.64 bits per heavy atom. The topological polar surface area (TPSA) is 50.2 Å². The van der Waals surface area contributed by atoms with Crippen molar-refractivity contribution in [2.75, 3.05) is 0 Å². The van der Waals surface area contributed by atoms with Gasteiger partial charge in [-0.05, 0) is 19.4 Å². The predicted octanol–water partition coefficient (Wildman–Crippen LogP) is 2.50. The smallest absolute Gasteiger partial charge is 0.328 e. The highest BCUT2D eigenvalue weighted by molar-refractivity contribution is 7.12. The molecule has 1 heterocycles. The Labute approximate surface area is 87.1 Å². The number of carboxylic acids is 1. The van der Waals surface area contributed by atoms with E-state index in [-0.39, 0.29) is 0 Å². The molecule has 0 fully saturated rings. The van der Waals surface area contributed by atoms with Crippen LogP contribution in [0.2, 0.25) is 0 Å². The second kappa shape index (κ2) is 4.91. The van der Waals surface area contributed by atoms with Gasteiger partial charge in [-0.1, -0.05) is 13.3 Å². The fourth-order valence-corrected chi connectivity index (χ4v) is 2.05. The van der Waals surface area contributed by atoms with Crippen molar-refractivity contribution >= 4 is 23.4 Å². The van der Waals surface area contributed by atoms with Crippen LogP contribution in [0.1, 0.15) is 28.9 Å². The molecule has 0 atom stereocenters. The molecular formula is C10H13NO2S. The molecule has 0 aliphatic rings. The molecule has 0 radical (unpaired) electrons. The summed E-state index contributed by atoms with van der Waals surface area (Å²) in [5.74, 6) is -0.918. The van der Waals surface area contributed by atoms with Gasteiger partial charge in [0.1, 0.15) is 0 Å². The van der Waals surface area contributed by atoms with E-state index in [2.05, 4.69) is 11.9 Å². The van der Waals surface area contributed by atoms with Crippen LogP contribution in [-0.2, 0) is 11.2 Å². The summed E-state index contributed by atoms with van der Waals surface area (Å²) in [5, 5.41) is 9.48. The Morgan fingerprint density at radius 3 is 2.93 bits per heavy atom. The number of nitrogens with zero attached hydrogens (tertiary/aromatic N) is 1. The molecule has 1 aromatic rings. The molecule has 0 aliphatic heterocycles. The van der Waals surface area contributed by atoms with Crippen LogP contribution in [-0.4, -0.2) is 16.1 Å². The highest BCUT2D eigenvalue weighted by Crippen LogP contribution is 2.20. The van der Waals surface area contributed by atoms with Crippen LogP contribution in [0.5, 0.6) is 0 Å². The summed E-state index contributed by atoms with van der Waals surface area (Å²) in [5.41, 5.74) is 1.01. The minimum Gasteiger partial charge on any atom is -0.478 e. The van der Waals surface area contributed by atoms with E-state index in [0.29, 0.717) is 0 Å². The second-order valence-corrected chi connectivity index (χ2v) is 4.20. The number of hydrogen-bond donors (Lipinski definition) is 1.